The van der Waals surface area contributed by atoms with Gasteiger partial charge in [0.1, 0.15) is 5.82 Å². The second-order valence-electron chi connectivity index (χ2n) is 4.52. The van der Waals surface area contributed by atoms with E-state index in [1.807, 2.05) is 13.8 Å². The Morgan fingerprint density at radius 2 is 2.00 bits per heavy atom. The molecule has 1 rings (SSSR count). The number of carbonyl (C=O) groups excluding carboxylic acids is 1. The lowest BCUT2D eigenvalue weighted by Crippen LogP contribution is -2.51. The predicted molar refractivity (Wildman–Crippen MR) is 65.8 cm³/mol. The summed E-state index contributed by atoms with van der Waals surface area (Å²) in [5, 5.41) is 2.82. The second-order valence-corrected chi connectivity index (χ2v) is 4.52. The number of benzene rings is 1. The highest BCUT2D eigenvalue weighted by atomic mass is 19.1. The summed E-state index contributed by atoms with van der Waals surface area (Å²) < 4.78 is 12.7. The molecule has 1 amide bonds. The Morgan fingerprint density at radius 1 is 1.47 bits per heavy atom. The van der Waals surface area contributed by atoms with Gasteiger partial charge in [-0.25, -0.2) is 4.39 Å². The van der Waals surface area contributed by atoms with Crippen LogP contribution in [0.2, 0.25) is 0 Å². The van der Waals surface area contributed by atoms with Crippen LogP contribution in [0.15, 0.2) is 24.3 Å². The molecule has 0 fully saturated rings. The lowest BCUT2D eigenvalue weighted by molar-refractivity contribution is -0.126. The molecule has 0 bridgehead atoms. The van der Waals surface area contributed by atoms with E-state index in [-0.39, 0.29) is 17.8 Å². The molecule has 3 nitrogen and oxygen atoms in total. The van der Waals surface area contributed by atoms with Crippen molar-refractivity contribution in [2.24, 2.45) is 5.73 Å². The lowest BCUT2D eigenvalue weighted by atomic mass is 9.98. The molecule has 0 aliphatic carbocycles. The largest absolute Gasteiger partial charge is 0.348 e. The minimum absolute atomic E-state index is 0.183. The van der Waals surface area contributed by atoms with Crippen molar-refractivity contribution >= 4 is 5.91 Å². The number of hydrogen-bond acceptors (Lipinski definition) is 2. The maximum absolute atomic E-state index is 12.7. The molecule has 4 heteroatoms. The summed E-state index contributed by atoms with van der Waals surface area (Å²) >= 11 is 0. The highest BCUT2D eigenvalue weighted by Crippen LogP contribution is 2.14. The number of nitrogens with two attached hydrogens (primary N) is 1. The van der Waals surface area contributed by atoms with Gasteiger partial charge in [-0.05, 0) is 38.0 Å². The van der Waals surface area contributed by atoms with Crippen molar-refractivity contribution in [1.82, 2.24) is 5.32 Å². The zero-order valence-corrected chi connectivity index (χ0v) is 10.5. The number of rotatable bonds is 4. The Hall–Kier alpha value is -1.42. The molecule has 2 atom stereocenters. The van der Waals surface area contributed by atoms with Gasteiger partial charge in [-0.2, -0.15) is 0 Å². The highest BCUT2D eigenvalue weighted by molar-refractivity contribution is 5.85. The monoisotopic (exact) mass is 238 g/mol. The Labute approximate surface area is 101 Å². The zero-order chi connectivity index (χ0) is 13.1. The third-order valence-corrected chi connectivity index (χ3v) is 2.97. The molecule has 0 radical (unpaired) electrons. The van der Waals surface area contributed by atoms with E-state index in [0.29, 0.717) is 6.42 Å². The molecule has 1 aromatic rings. The Morgan fingerprint density at radius 3 is 2.47 bits per heavy atom. The second kappa shape index (κ2) is 5.27. The summed E-state index contributed by atoms with van der Waals surface area (Å²) in [4.78, 5) is 11.8. The number of nitrogens with one attached hydrogen (secondary N) is 1. The van der Waals surface area contributed by atoms with Crippen LogP contribution in [-0.4, -0.2) is 11.4 Å². The van der Waals surface area contributed by atoms with Crippen LogP contribution in [0.1, 0.15) is 38.8 Å². The van der Waals surface area contributed by atoms with Gasteiger partial charge in [0.2, 0.25) is 5.91 Å². The minimum Gasteiger partial charge on any atom is -0.348 e. The molecule has 0 aliphatic rings. The van der Waals surface area contributed by atoms with Gasteiger partial charge in [-0.3, -0.25) is 4.79 Å². The number of hydrogen-bond donors (Lipinski definition) is 2. The van der Waals surface area contributed by atoms with Crippen LogP contribution in [0.3, 0.4) is 0 Å². The third-order valence-electron chi connectivity index (χ3n) is 2.97. The summed E-state index contributed by atoms with van der Waals surface area (Å²) in [5.41, 5.74) is 5.82. The fraction of sp³-hybridized carbons (Fsp3) is 0.462. The first-order valence-corrected chi connectivity index (χ1v) is 5.72. The van der Waals surface area contributed by atoms with E-state index in [2.05, 4.69) is 5.32 Å². The fourth-order valence-corrected chi connectivity index (χ4v) is 1.36. The van der Waals surface area contributed by atoms with Crippen molar-refractivity contribution in [2.45, 2.75) is 38.8 Å². The van der Waals surface area contributed by atoms with Crippen LogP contribution >= 0.6 is 0 Å². The molecular weight excluding hydrogens is 219 g/mol. The highest BCUT2D eigenvalue weighted by Gasteiger charge is 2.27. The first-order valence-electron chi connectivity index (χ1n) is 5.72. The molecule has 0 heterocycles. The fourth-order valence-electron chi connectivity index (χ4n) is 1.36. The Balaban J connectivity index is 2.70. The summed E-state index contributed by atoms with van der Waals surface area (Å²) in [6, 6.07) is 5.87. The van der Waals surface area contributed by atoms with Gasteiger partial charge in [0.25, 0.3) is 0 Å². The van der Waals surface area contributed by atoms with E-state index in [9.17, 15) is 9.18 Å². The molecular formula is C13H19FN2O. The molecule has 0 saturated heterocycles. The van der Waals surface area contributed by atoms with E-state index in [4.69, 9.17) is 5.73 Å². The van der Waals surface area contributed by atoms with Gasteiger partial charge in [-0.1, -0.05) is 19.1 Å². The van der Waals surface area contributed by atoms with Crippen LogP contribution < -0.4 is 11.1 Å². The SMILES string of the molecule is CCC(C)(N)C(=O)N[C@H](C)c1ccc(F)cc1. The van der Waals surface area contributed by atoms with Crippen LogP contribution in [0.5, 0.6) is 0 Å². The summed E-state index contributed by atoms with van der Waals surface area (Å²) in [5.74, 6) is -0.485. The van der Waals surface area contributed by atoms with Gasteiger partial charge >= 0.3 is 0 Å². The van der Waals surface area contributed by atoms with Crippen molar-refractivity contribution in [1.29, 1.82) is 0 Å². The maximum atomic E-state index is 12.7. The van der Waals surface area contributed by atoms with Gasteiger partial charge in [0.15, 0.2) is 0 Å². The molecule has 0 spiro atoms. The average molecular weight is 238 g/mol. The van der Waals surface area contributed by atoms with Crippen LogP contribution in [0, 0.1) is 5.82 Å². The van der Waals surface area contributed by atoms with E-state index < -0.39 is 5.54 Å². The number of amides is 1. The molecule has 17 heavy (non-hydrogen) atoms. The van der Waals surface area contributed by atoms with Crippen molar-refractivity contribution in [3.05, 3.63) is 35.6 Å². The van der Waals surface area contributed by atoms with E-state index in [0.717, 1.165) is 5.56 Å². The summed E-state index contributed by atoms with van der Waals surface area (Å²) in [6.07, 6.45) is 0.564. The van der Waals surface area contributed by atoms with E-state index in [1.54, 1.807) is 19.1 Å². The standard InChI is InChI=1S/C13H19FN2O/c1-4-13(3,15)12(17)16-9(2)10-5-7-11(14)8-6-10/h5-9H,4,15H2,1-3H3,(H,16,17)/t9-,13?/m1/s1. The smallest absolute Gasteiger partial charge is 0.240 e. The topological polar surface area (TPSA) is 55.1 Å². The third kappa shape index (κ3) is 3.53. The first-order chi connectivity index (χ1) is 7.86. The van der Waals surface area contributed by atoms with Crippen molar-refractivity contribution in [2.75, 3.05) is 0 Å². The number of carbonyl (C=O) groups is 1. The summed E-state index contributed by atoms with van der Waals surface area (Å²) in [6.45, 7) is 5.40. The predicted octanol–water partition coefficient (Wildman–Crippen LogP) is 2.13. The molecule has 3 N–H and O–H groups in total. The van der Waals surface area contributed by atoms with Crippen LogP contribution in [0.4, 0.5) is 4.39 Å². The van der Waals surface area contributed by atoms with Gasteiger partial charge < -0.3 is 11.1 Å². The minimum atomic E-state index is -0.867. The van der Waals surface area contributed by atoms with Crippen molar-refractivity contribution in [3.8, 4) is 0 Å². The zero-order valence-electron chi connectivity index (χ0n) is 10.5. The lowest BCUT2D eigenvalue weighted by Gasteiger charge is -2.24. The average Bonchev–Trinajstić information content (AvgIpc) is 2.29. The summed E-state index contributed by atoms with van der Waals surface area (Å²) in [7, 11) is 0. The Kier molecular flexibility index (Phi) is 4.23. The normalized spacial score (nSPS) is 16.1. The van der Waals surface area contributed by atoms with E-state index >= 15 is 0 Å². The van der Waals surface area contributed by atoms with Gasteiger partial charge in [0, 0.05) is 0 Å². The molecule has 0 aromatic heterocycles. The molecule has 1 aromatic carbocycles. The maximum Gasteiger partial charge on any atom is 0.240 e. The molecule has 0 saturated carbocycles. The van der Waals surface area contributed by atoms with Crippen molar-refractivity contribution < 1.29 is 9.18 Å². The Bertz CT molecular complexity index is 387. The molecule has 94 valence electrons. The van der Waals surface area contributed by atoms with Gasteiger partial charge in [0.05, 0.1) is 11.6 Å². The van der Waals surface area contributed by atoms with Gasteiger partial charge in [-0.15, -0.1) is 0 Å². The first kappa shape index (κ1) is 13.6. The number of halogens is 1. The molecule has 1 unspecified atom stereocenters. The van der Waals surface area contributed by atoms with Crippen LogP contribution in [0.25, 0.3) is 0 Å². The quantitative estimate of drug-likeness (QED) is 0.844. The van der Waals surface area contributed by atoms with E-state index in [1.165, 1.54) is 12.1 Å². The molecule has 0 aliphatic heterocycles. The van der Waals surface area contributed by atoms with Crippen molar-refractivity contribution in [3.63, 3.8) is 0 Å². The van der Waals surface area contributed by atoms with Crippen LogP contribution in [-0.2, 0) is 4.79 Å².